The van der Waals surface area contributed by atoms with Crippen molar-refractivity contribution in [2.75, 3.05) is 26.7 Å². The molecule has 1 N–H and O–H groups in total. The van der Waals surface area contributed by atoms with Gasteiger partial charge < -0.3 is 15.0 Å². The van der Waals surface area contributed by atoms with Gasteiger partial charge in [-0.2, -0.15) is 0 Å². The number of carbonyl (C=O) groups excluding carboxylic acids is 2. The molecule has 1 saturated heterocycles. The van der Waals surface area contributed by atoms with Crippen LogP contribution in [0.1, 0.15) is 50.7 Å². The van der Waals surface area contributed by atoms with Crippen molar-refractivity contribution in [2.24, 2.45) is 5.92 Å². The number of nitrogens with one attached hydrogen (secondary N) is 1. The van der Waals surface area contributed by atoms with E-state index in [-0.39, 0.29) is 17.7 Å². The summed E-state index contributed by atoms with van der Waals surface area (Å²) < 4.78 is 5.44. The maximum Gasteiger partial charge on any atom is 0.223 e. The minimum atomic E-state index is 0.0134. The molecule has 25 heavy (non-hydrogen) atoms. The molecule has 1 heterocycles. The number of ether oxygens (including phenoxy) is 1. The van der Waals surface area contributed by atoms with Crippen LogP contribution in [0.25, 0.3) is 0 Å². The van der Waals surface area contributed by atoms with Gasteiger partial charge in [0.1, 0.15) is 5.75 Å². The summed E-state index contributed by atoms with van der Waals surface area (Å²) in [6.07, 6.45) is 2.25. The molecule has 0 aliphatic carbocycles. The summed E-state index contributed by atoms with van der Waals surface area (Å²) in [7, 11) is 1.68. The van der Waals surface area contributed by atoms with E-state index in [9.17, 15) is 9.59 Å². The third kappa shape index (κ3) is 5.21. The van der Waals surface area contributed by atoms with Crippen LogP contribution in [0.15, 0.2) is 18.2 Å². The Kier molecular flexibility index (Phi) is 6.85. The summed E-state index contributed by atoms with van der Waals surface area (Å²) >= 11 is 0. The molecule has 0 aromatic heterocycles. The first-order chi connectivity index (χ1) is 11.9. The number of rotatable bonds is 6. The molecule has 1 aliphatic heterocycles. The van der Waals surface area contributed by atoms with Gasteiger partial charge in [-0.1, -0.05) is 26.0 Å². The normalized spacial score (nSPS) is 15.3. The molecule has 2 amide bonds. The fourth-order valence-electron chi connectivity index (χ4n) is 3.27. The van der Waals surface area contributed by atoms with Gasteiger partial charge in [-0.15, -0.1) is 0 Å². The number of likely N-dealkylation sites (tertiary alicyclic amines) is 1. The molecule has 2 rings (SSSR count). The molecule has 0 atom stereocenters. The number of benzene rings is 1. The lowest BCUT2D eigenvalue weighted by atomic mass is 9.95. The first kappa shape index (κ1) is 19.3. The molecule has 0 saturated carbocycles. The van der Waals surface area contributed by atoms with E-state index < -0.39 is 0 Å². The molecule has 0 bridgehead atoms. The Labute approximate surface area is 150 Å². The van der Waals surface area contributed by atoms with Crippen molar-refractivity contribution >= 4 is 11.8 Å². The molecule has 1 aromatic rings. The largest absolute Gasteiger partial charge is 0.496 e. The first-order valence-electron chi connectivity index (χ1n) is 9.12. The Balaban J connectivity index is 1.85. The Morgan fingerprint density at radius 1 is 1.28 bits per heavy atom. The van der Waals surface area contributed by atoms with E-state index >= 15 is 0 Å². The molecule has 1 aromatic carbocycles. The highest BCUT2D eigenvalue weighted by molar-refractivity contribution is 5.79. The Morgan fingerprint density at radius 3 is 2.52 bits per heavy atom. The molecule has 1 fully saturated rings. The molecule has 0 spiro atoms. The van der Waals surface area contributed by atoms with Gasteiger partial charge in [-0.05, 0) is 42.4 Å². The Bertz CT molecular complexity index is 605. The lowest BCUT2D eigenvalue weighted by Crippen LogP contribution is -2.42. The second-order valence-corrected chi connectivity index (χ2v) is 7.05. The van der Waals surface area contributed by atoms with E-state index in [1.807, 2.05) is 11.0 Å². The lowest BCUT2D eigenvalue weighted by molar-refractivity contribution is -0.133. The smallest absolute Gasteiger partial charge is 0.223 e. The van der Waals surface area contributed by atoms with Crippen LogP contribution in [0.2, 0.25) is 0 Å². The number of amides is 2. The van der Waals surface area contributed by atoms with E-state index in [0.717, 1.165) is 30.6 Å². The Morgan fingerprint density at radius 2 is 1.96 bits per heavy atom. The predicted molar refractivity (Wildman–Crippen MR) is 98.8 cm³/mol. The van der Waals surface area contributed by atoms with Crippen LogP contribution in [0.5, 0.6) is 5.75 Å². The van der Waals surface area contributed by atoms with Gasteiger partial charge in [0.2, 0.25) is 11.8 Å². The van der Waals surface area contributed by atoms with Crippen LogP contribution in [-0.2, 0) is 16.0 Å². The molecule has 138 valence electrons. The molecular formula is C20H30N2O3. The molecular weight excluding hydrogens is 316 g/mol. The number of nitrogens with zero attached hydrogens (tertiary/aromatic N) is 1. The summed E-state index contributed by atoms with van der Waals surface area (Å²) in [4.78, 5) is 25.5. The van der Waals surface area contributed by atoms with E-state index in [4.69, 9.17) is 4.74 Å². The second kappa shape index (κ2) is 8.88. The average Bonchev–Trinajstić information content (AvgIpc) is 2.61. The van der Waals surface area contributed by atoms with Crippen LogP contribution in [0.3, 0.4) is 0 Å². The van der Waals surface area contributed by atoms with Crippen molar-refractivity contribution in [3.05, 3.63) is 29.3 Å². The predicted octanol–water partition coefficient (Wildman–Crippen LogP) is 2.74. The monoisotopic (exact) mass is 346 g/mol. The van der Waals surface area contributed by atoms with Crippen molar-refractivity contribution in [1.29, 1.82) is 0 Å². The molecule has 5 nitrogen and oxygen atoms in total. The van der Waals surface area contributed by atoms with Crippen LogP contribution in [0, 0.1) is 5.92 Å². The average molecular weight is 346 g/mol. The van der Waals surface area contributed by atoms with Crippen LogP contribution in [-0.4, -0.2) is 43.5 Å². The van der Waals surface area contributed by atoms with Gasteiger partial charge >= 0.3 is 0 Å². The third-order valence-corrected chi connectivity index (χ3v) is 4.98. The SMILES string of the molecule is COc1ccc(C(C)C)cc1CCNC(=O)C1CCN(C(C)=O)CC1. The number of carbonyl (C=O) groups is 2. The fourth-order valence-corrected chi connectivity index (χ4v) is 3.27. The quantitative estimate of drug-likeness (QED) is 0.862. The number of hydrogen-bond donors (Lipinski definition) is 1. The van der Waals surface area contributed by atoms with Crippen molar-refractivity contribution in [1.82, 2.24) is 10.2 Å². The molecule has 5 heteroatoms. The van der Waals surface area contributed by atoms with Gasteiger partial charge in [-0.25, -0.2) is 0 Å². The van der Waals surface area contributed by atoms with Gasteiger partial charge in [0.05, 0.1) is 7.11 Å². The Hall–Kier alpha value is -2.04. The van der Waals surface area contributed by atoms with Crippen molar-refractivity contribution in [3.8, 4) is 5.75 Å². The summed E-state index contributed by atoms with van der Waals surface area (Å²) in [5.74, 6) is 1.54. The maximum absolute atomic E-state index is 12.3. The number of methoxy groups -OCH3 is 1. The van der Waals surface area contributed by atoms with Gasteiger partial charge in [0.25, 0.3) is 0 Å². The first-order valence-corrected chi connectivity index (χ1v) is 9.12. The highest BCUT2D eigenvalue weighted by Crippen LogP contribution is 2.24. The van der Waals surface area contributed by atoms with Gasteiger partial charge in [0.15, 0.2) is 0 Å². The molecule has 0 unspecified atom stereocenters. The van der Waals surface area contributed by atoms with E-state index in [1.54, 1.807) is 14.0 Å². The van der Waals surface area contributed by atoms with E-state index in [2.05, 4.69) is 31.3 Å². The third-order valence-electron chi connectivity index (χ3n) is 4.98. The second-order valence-electron chi connectivity index (χ2n) is 7.05. The van der Waals surface area contributed by atoms with Crippen LogP contribution < -0.4 is 10.1 Å². The van der Waals surface area contributed by atoms with Gasteiger partial charge in [-0.3, -0.25) is 9.59 Å². The number of piperidine rings is 1. The van der Waals surface area contributed by atoms with Crippen LogP contribution >= 0.6 is 0 Å². The van der Waals surface area contributed by atoms with E-state index in [0.29, 0.717) is 25.6 Å². The van der Waals surface area contributed by atoms with E-state index in [1.165, 1.54) is 5.56 Å². The summed E-state index contributed by atoms with van der Waals surface area (Å²) in [6.45, 7) is 7.87. The standard InChI is InChI=1S/C20H30N2O3/c1-14(2)17-5-6-19(25-4)18(13-17)7-10-21-20(24)16-8-11-22(12-9-16)15(3)23/h5-6,13-14,16H,7-12H2,1-4H3,(H,21,24). The molecule has 0 radical (unpaired) electrons. The van der Waals surface area contributed by atoms with Crippen molar-refractivity contribution in [3.63, 3.8) is 0 Å². The maximum atomic E-state index is 12.3. The zero-order valence-electron chi connectivity index (χ0n) is 15.8. The highest BCUT2D eigenvalue weighted by Gasteiger charge is 2.25. The van der Waals surface area contributed by atoms with Crippen molar-refractivity contribution in [2.45, 2.75) is 46.0 Å². The minimum absolute atomic E-state index is 0.0134. The van der Waals surface area contributed by atoms with Crippen molar-refractivity contribution < 1.29 is 14.3 Å². The van der Waals surface area contributed by atoms with Gasteiger partial charge in [0, 0.05) is 32.5 Å². The lowest BCUT2D eigenvalue weighted by Gasteiger charge is -2.30. The molecule has 1 aliphatic rings. The van der Waals surface area contributed by atoms with Crippen LogP contribution in [0.4, 0.5) is 0 Å². The summed E-state index contributed by atoms with van der Waals surface area (Å²) in [5, 5.41) is 3.05. The summed E-state index contributed by atoms with van der Waals surface area (Å²) in [5.41, 5.74) is 2.40. The highest BCUT2D eigenvalue weighted by atomic mass is 16.5. The fraction of sp³-hybridized carbons (Fsp3) is 0.600. The zero-order valence-corrected chi connectivity index (χ0v) is 15.8. The topological polar surface area (TPSA) is 58.6 Å². The zero-order chi connectivity index (χ0) is 18.4. The minimum Gasteiger partial charge on any atom is -0.496 e. The number of hydrogen-bond acceptors (Lipinski definition) is 3. The summed E-state index contributed by atoms with van der Waals surface area (Å²) in [6, 6.07) is 6.26.